The Kier molecular flexibility index (Phi) is 7.32. The Morgan fingerprint density at radius 3 is 2.19 bits per heavy atom. The van der Waals surface area contributed by atoms with Crippen molar-refractivity contribution in [2.45, 2.75) is 44.2 Å². The van der Waals surface area contributed by atoms with E-state index in [0.29, 0.717) is 18.4 Å². The molecule has 0 amide bonds. The van der Waals surface area contributed by atoms with E-state index in [-0.39, 0.29) is 5.97 Å². The van der Waals surface area contributed by atoms with Gasteiger partial charge < -0.3 is 14.5 Å². The molecule has 0 N–H and O–H groups in total. The van der Waals surface area contributed by atoms with Crippen LogP contribution in [0, 0.1) is 5.92 Å². The minimum Gasteiger partial charge on any atom is -0.469 e. The number of hydrogen-bond donors (Lipinski definition) is 0. The molecule has 0 aromatic rings. The van der Waals surface area contributed by atoms with Gasteiger partial charge in [0.05, 0.1) is 7.11 Å². The zero-order chi connectivity index (χ0) is 18.5. The third-order valence-electron chi connectivity index (χ3n) is 6.88. The van der Waals surface area contributed by atoms with Gasteiger partial charge in [0.25, 0.3) is 0 Å². The number of methoxy groups -OCH3 is 1. The average Bonchev–Trinajstić information content (AvgIpc) is 2.67. The van der Waals surface area contributed by atoms with Gasteiger partial charge in [-0.2, -0.15) is 0 Å². The van der Waals surface area contributed by atoms with E-state index < -0.39 is 0 Å². The van der Waals surface area contributed by atoms with Gasteiger partial charge in [0, 0.05) is 51.2 Å². The fourth-order valence-corrected chi connectivity index (χ4v) is 5.06. The van der Waals surface area contributed by atoms with E-state index in [0.717, 1.165) is 19.0 Å². The van der Waals surface area contributed by atoms with Gasteiger partial charge >= 0.3 is 5.97 Å². The van der Waals surface area contributed by atoms with Gasteiger partial charge in [-0.05, 0) is 65.3 Å². The smallest absolute Gasteiger partial charge is 0.305 e. The minimum atomic E-state index is -0.0569. The summed E-state index contributed by atoms with van der Waals surface area (Å²) in [6.07, 6.45) is 5.36. The zero-order valence-corrected chi connectivity index (χ0v) is 17.0. The number of nitrogens with zero attached hydrogens (tertiary/aromatic N) is 4. The molecule has 0 aromatic heterocycles. The number of hydrogen-bond acceptors (Lipinski definition) is 6. The summed E-state index contributed by atoms with van der Waals surface area (Å²) in [4.78, 5) is 22.0. The molecule has 0 spiro atoms. The number of likely N-dealkylation sites (tertiary alicyclic amines) is 2. The Balaban J connectivity index is 1.60. The molecule has 3 aliphatic rings. The lowest BCUT2D eigenvalue weighted by molar-refractivity contribution is -0.141. The zero-order valence-electron chi connectivity index (χ0n) is 17.0. The maximum atomic E-state index is 11.7. The first-order valence-corrected chi connectivity index (χ1v) is 10.5. The lowest BCUT2D eigenvalue weighted by Gasteiger charge is -2.49. The van der Waals surface area contributed by atoms with Crippen LogP contribution < -0.4 is 0 Å². The summed E-state index contributed by atoms with van der Waals surface area (Å²) >= 11 is 0. The lowest BCUT2D eigenvalue weighted by atomic mass is 9.85. The number of esters is 1. The molecule has 0 bridgehead atoms. The molecule has 3 aliphatic heterocycles. The van der Waals surface area contributed by atoms with Gasteiger partial charge in [0.1, 0.15) is 0 Å². The van der Waals surface area contributed by atoms with Crippen LogP contribution >= 0.6 is 0 Å². The molecule has 3 heterocycles. The van der Waals surface area contributed by atoms with Gasteiger partial charge in [-0.1, -0.05) is 0 Å². The molecular weight excluding hydrogens is 328 g/mol. The topological polar surface area (TPSA) is 39.3 Å². The fourth-order valence-electron chi connectivity index (χ4n) is 5.06. The van der Waals surface area contributed by atoms with Crippen LogP contribution in [-0.2, 0) is 9.53 Å². The predicted molar refractivity (Wildman–Crippen MR) is 104 cm³/mol. The third kappa shape index (κ3) is 5.18. The van der Waals surface area contributed by atoms with Crippen LogP contribution in [0.3, 0.4) is 0 Å². The molecule has 2 atom stereocenters. The molecule has 26 heavy (non-hydrogen) atoms. The van der Waals surface area contributed by atoms with Crippen LogP contribution in [0.5, 0.6) is 0 Å². The summed E-state index contributed by atoms with van der Waals surface area (Å²) in [5, 5.41) is 0. The summed E-state index contributed by atoms with van der Waals surface area (Å²) in [6.45, 7) is 9.49. The van der Waals surface area contributed by atoms with Crippen LogP contribution in [0.1, 0.15) is 32.1 Å². The highest BCUT2D eigenvalue weighted by Crippen LogP contribution is 2.30. The Hall–Kier alpha value is -0.690. The van der Waals surface area contributed by atoms with Gasteiger partial charge in [0.15, 0.2) is 0 Å². The third-order valence-corrected chi connectivity index (χ3v) is 6.88. The highest BCUT2D eigenvalue weighted by molar-refractivity contribution is 5.69. The highest BCUT2D eigenvalue weighted by atomic mass is 16.5. The van der Waals surface area contributed by atoms with Crippen molar-refractivity contribution in [2.24, 2.45) is 5.92 Å². The molecular formula is C20H38N4O2. The van der Waals surface area contributed by atoms with Gasteiger partial charge in [-0.3, -0.25) is 14.6 Å². The minimum absolute atomic E-state index is 0.0569. The molecule has 0 aliphatic carbocycles. The summed E-state index contributed by atoms with van der Waals surface area (Å²) in [5.41, 5.74) is 0. The molecule has 0 aromatic carbocycles. The summed E-state index contributed by atoms with van der Waals surface area (Å²) in [7, 11) is 5.95. The molecule has 3 rings (SSSR count). The molecule has 6 nitrogen and oxygen atoms in total. The van der Waals surface area contributed by atoms with E-state index in [2.05, 4.69) is 33.7 Å². The first kappa shape index (κ1) is 20.1. The largest absolute Gasteiger partial charge is 0.469 e. The Morgan fingerprint density at radius 1 is 0.885 bits per heavy atom. The molecule has 6 heteroatoms. The van der Waals surface area contributed by atoms with Crippen LogP contribution in [0.2, 0.25) is 0 Å². The van der Waals surface area contributed by atoms with Crippen molar-refractivity contribution in [3.63, 3.8) is 0 Å². The van der Waals surface area contributed by atoms with Crippen LogP contribution in [0.4, 0.5) is 0 Å². The molecule has 3 saturated heterocycles. The number of carbonyl (C=O) groups excluding carboxylic acids is 1. The highest BCUT2D eigenvalue weighted by Gasteiger charge is 2.37. The molecule has 150 valence electrons. The Bertz CT molecular complexity index is 445. The number of carbonyl (C=O) groups is 1. The van der Waals surface area contributed by atoms with Crippen LogP contribution in [-0.4, -0.2) is 111 Å². The monoisotopic (exact) mass is 366 g/mol. The fraction of sp³-hybridized carbons (Fsp3) is 0.950. The van der Waals surface area contributed by atoms with Crippen molar-refractivity contribution >= 4 is 5.97 Å². The lowest BCUT2D eigenvalue weighted by Crippen LogP contribution is -2.58. The van der Waals surface area contributed by atoms with E-state index in [4.69, 9.17) is 4.74 Å². The van der Waals surface area contributed by atoms with Crippen LogP contribution in [0.15, 0.2) is 0 Å². The molecule has 0 saturated carbocycles. The van der Waals surface area contributed by atoms with Crippen molar-refractivity contribution in [1.82, 2.24) is 19.6 Å². The van der Waals surface area contributed by atoms with Gasteiger partial charge in [-0.15, -0.1) is 0 Å². The maximum absolute atomic E-state index is 11.7. The molecule has 3 fully saturated rings. The van der Waals surface area contributed by atoms with E-state index in [1.807, 2.05) is 0 Å². The average molecular weight is 367 g/mol. The molecule has 0 unspecified atom stereocenters. The van der Waals surface area contributed by atoms with E-state index in [1.165, 1.54) is 72.2 Å². The Labute approximate surface area is 159 Å². The van der Waals surface area contributed by atoms with E-state index in [9.17, 15) is 4.79 Å². The summed E-state index contributed by atoms with van der Waals surface area (Å²) in [6, 6.07) is 1.37. The number of rotatable bonds is 5. The standard InChI is InChI=1S/C20H38N4O2/c1-21-9-6-18(7-10-21)24-11-8-19(23-14-12-22(2)13-15-23)17(16-24)4-5-20(25)26-3/h17-19H,4-16H2,1-3H3/t17-,19+/m0/s1. The summed E-state index contributed by atoms with van der Waals surface area (Å²) < 4.78 is 4.91. The second-order valence-electron chi connectivity index (χ2n) is 8.60. The van der Waals surface area contributed by atoms with Crippen molar-refractivity contribution in [1.29, 1.82) is 0 Å². The number of piperidine rings is 2. The van der Waals surface area contributed by atoms with E-state index in [1.54, 1.807) is 0 Å². The number of piperazine rings is 1. The quantitative estimate of drug-likeness (QED) is 0.675. The first-order chi connectivity index (χ1) is 12.6. The van der Waals surface area contributed by atoms with Crippen molar-refractivity contribution < 1.29 is 9.53 Å². The van der Waals surface area contributed by atoms with Crippen molar-refractivity contribution in [3.05, 3.63) is 0 Å². The van der Waals surface area contributed by atoms with E-state index >= 15 is 0 Å². The normalized spacial score (nSPS) is 31.2. The maximum Gasteiger partial charge on any atom is 0.305 e. The summed E-state index contributed by atoms with van der Waals surface area (Å²) in [5.74, 6) is 0.532. The number of ether oxygens (including phenoxy) is 1. The van der Waals surface area contributed by atoms with Gasteiger partial charge in [-0.25, -0.2) is 0 Å². The Morgan fingerprint density at radius 2 is 1.54 bits per heavy atom. The first-order valence-electron chi connectivity index (χ1n) is 10.5. The van der Waals surface area contributed by atoms with Gasteiger partial charge in [0.2, 0.25) is 0 Å². The SMILES string of the molecule is COC(=O)CC[C@H]1CN(C2CCN(C)CC2)CC[C@H]1N1CCN(C)CC1. The number of likely N-dealkylation sites (N-methyl/N-ethyl adjacent to an activating group) is 1. The van der Waals surface area contributed by atoms with Crippen molar-refractivity contribution in [2.75, 3.05) is 73.6 Å². The molecule has 0 radical (unpaired) electrons. The van der Waals surface area contributed by atoms with Crippen molar-refractivity contribution in [3.8, 4) is 0 Å². The second-order valence-corrected chi connectivity index (χ2v) is 8.60. The van der Waals surface area contributed by atoms with Crippen LogP contribution in [0.25, 0.3) is 0 Å². The second kappa shape index (κ2) is 9.49. The predicted octanol–water partition coefficient (Wildman–Crippen LogP) is 0.972.